The maximum absolute atomic E-state index is 13.3. The number of aromatic nitrogens is 1. The lowest BCUT2D eigenvalue weighted by atomic mass is 9.75. The minimum Gasteiger partial charge on any atom is -0.465 e. The van der Waals surface area contributed by atoms with Gasteiger partial charge < -0.3 is 24.6 Å². The maximum atomic E-state index is 13.3. The molecule has 1 aromatic heterocycles. The van der Waals surface area contributed by atoms with Crippen molar-refractivity contribution in [2.45, 2.75) is 51.0 Å². The summed E-state index contributed by atoms with van der Waals surface area (Å²) in [5, 5.41) is 12.8. The molecule has 7 heteroatoms. The smallest absolute Gasteiger partial charge is 0.404 e. The minimum absolute atomic E-state index is 0.00168. The van der Waals surface area contributed by atoms with Gasteiger partial charge >= 0.3 is 6.09 Å². The van der Waals surface area contributed by atoms with Gasteiger partial charge in [-0.1, -0.05) is 0 Å². The lowest BCUT2D eigenvalue weighted by Gasteiger charge is -2.33. The van der Waals surface area contributed by atoms with Gasteiger partial charge in [-0.15, -0.1) is 0 Å². The summed E-state index contributed by atoms with van der Waals surface area (Å²) in [4.78, 5) is 26.1. The fourth-order valence-corrected chi connectivity index (χ4v) is 6.17. The zero-order valence-electron chi connectivity index (χ0n) is 18.8. The molecule has 3 aliphatic rings. The van der Waals surface area contributed by atoms with Gasteiger partial charge in [-0.25, -0.2) is 4.79 Å². The summed E-state index contributed by atoms with van der Waals surface area (Å²) in [6, 6.07) is 5.90. The van der Waals surface area contributed by atoms with Gasteiger partial charge in [-0.05, 0) is 80.5 Å². The van der Waals surface area contributed by atoms with E-state index in [-0.39, 0.29) is 11.9 Å². The average Bonchev–Trinajstić information content (AvgIpc) is 3.10. The number of nitrogens with zero attached hydrogens (tertiary/aromatic N) is 2. The van der Waals surface area contributed by atoms with Gasteiger partial charge in [0.2, 0.25) is 0 Å². The zero-order valence-corrected chi connectivity index (χ0v) is 18.8. The molecule has 2 atom stereocenters. The molecular formula is C25H33N3O4. The molecule has 2 saturated heterocycles. The molecule has 2 aliphatic heterocycles. The van der Waals surface area contributed by atoms with Crippen molar-refractivity contribution in [3.05, 3.63) is 35.0 Å². The van der Waals surface area contributed by atoms with E-state index in [0.29, 0.717) is 24.6 Å². The van der Waals surface area contributed by atoms with Crippen LogP contribution in [0.15, 0.2) is 18.2 Å². The monoisotopic (exact) mass is 439 g/mol. The van der Waals surface area contributed by atoms with Crippen LogP contribution in [-0.4, -0.2) is 58.9 Å². The Morgan fingerprint density at radius 1 is 1.12 bits per heavy atom. The van der Waals surface area contributed by atoms with Crippen LogP contribution in [0.1, 0.15) is 53.7 Å². The second kappa shape index (κ2) is 8.77. The van der Waals surface area contributed by atoms with Crippen LogP contribution in [0.2, 0.25) is 0 Å². The quantitative estimate of drug-likeness (QED) is 0.766. The highest BCUT2D eigenvalue weighted by molar-refractivity contribution is 5.99. The van der Waals surface area contributed by atoms with Gasteiger partial charge in [0.05, 0.1) is 0 Å². The summed E-state index contributed by atoms with van der Waals surface area (Å²) in [6.07, 6.45) is 6.30. The number of amides is 2. The molecule has 2 aromatic rings. The zero-order chi connectivity index (χ0) is 22.2. The number of hydrogen-bond acceptors (Lipinski definition) is 3. The van der Waals surface area contributed by atoms with E-state index in [1.807, 2.05) is 6.07 Å². The Morgan fingerprint density at radius 3 is 2.72 bits per heavy atom. The van der Waals surface area contributed by atoms with E-state index in [4.69, 9.17) is 9.84 Å². The highest BCUT2D eigenvalue weighted by atomic mass is 16.5. The average molecular weight is 440 g/mol. The number of nitrogens with one attached hydrogen (secondary N) is 1. The van der Waals surface area contributed by atoms with Crippen LogP contribution in [0, 0.1) is 11.8 Å². The van der Waals surface area contributed by atoms with E-state index in [1.165, 1.54) is 28.6 Å². The summed E-state index contributed by atoms with van der Waals surface area (Å²) in [7, 11) is 2.14. The summed E-state index contributed by atoms with van der Waals surface area (Å²) >= 11 is 0. The van der Waals surface area contributed by atoms with Crippen molar-refractivity contribution >= 4 is 22.9 Å². The van der Waals surface area contributed by atoms with E-state index in [0.717, 1.165) is 57.7 Å². The van der Waals surface area contributed by atoms with Gasteiger partial charge in [0, 0.05) is 61.6 Å². The second-order valence-electron chi connectivity index (χ2n) is 9.71. The molecule has 0 spiro atoms. The molecule has 172 valence electrons. The van der Waals surface area contributed by atoms with Crippen LogP contribution in [0.5, 0.6) is 0 Å². The van der Waals surface area contributed by atoms with Gasteiger partial charge in [0.25, 0.3) is 5.91 Å². The fraction of sp³-hybridized carbons (Fsp3) is 0.600. The first kappa shape index (κ1) is 21.3. The first-order chi connectivity index (χ1) is 15.5. The van der Waals surface area contributed by atoms with Crippen LogP contribution in [0.25, 0.3) is 10.9 Å². The summed E-state index contributed by atoms with van der Waals surface area (Å²) < 4.78 is 7.89. The number of hydrogen-bond donors (Lipinski definition) is 2. The van der Waals surface area contributed by atoms with Crippen LogP contribution in [-0.2, 0) is 24.6 Å². The Morgan fingerprint density at radius 2 is 1.94 bits per heavy atom. The number of carbonyl (C=O) groups is 2. The summed E-state index contributed by atoms with van der Waals surface area (Å²) in [5.41, 5.74) is 4.74. The third kappa shape index (κ3) is 3.98. The van der Waals surface area contributed by atoms with Crippen molar-refractivity contribution < 1.29 is 19.4 Å². The molecule has 5 rings (SSSR count). The maximum Gasteiger partial charge on any atom is 0.404 e. The third-order valence-corrected chi connectivity index (χ3v) is 7.87. The highest BCUT2D eigenvalue weighted by Crippen LogP contribution is 2.39. The molecule has 1 aliphatic carbocycles. The van der Waals surface area contributed by atoms with E-state index in [9.17, 15) is 9.59 Å². The number of likely N-dealkylation sites (tertiary alicyclic amines) is 1. The van der Waals surface area contributed by atoms with Crippen molar-refractivity contribution in [2.75, 3.05) is 26.3 Å². The Kier molecular flexibility index (Phi) is 5.84. The number of aryl methyl sites for hydroxylation is 1. The van der Waals surface area contributed by atoms with Gasteiger partial charge in [0.1, 0.15) is 0 Å². The molecule has 1 aromatic carbocycles. The van der Waals surface area contributed by atoms with Crippen molar-refractivity contribution in [3.63, 3.8) is 0 Å². The molecule has 32 heavy (non-hydrogen) atoms. The summed E-state index contributed by atoms with van der Waals surface area (Å²) in [5.74, 6) is 1.43. The second-order valence-corrected chi connectivity index (χ2v) is 9.71. The Labute approximate surface area is 188 Å². The van der Waals surface area contributed by atoms with Crippen molar-refractivity contribution in [1.82, 2.24) is 14.8 Å². The molecule has 2 fully saturated rings. The molecule has 2 amide bonds. The topological polar surface area (TPSA) is 83.8 Å². The number of carbonyl (C=O) groups excluding carboxylic acids is 1. The number of ether oxygens (including phenoxy) is 1. The summed E-state index contributed by atoms with van der Waals surface area (Å²) in [6.45, 7) is 2.88. The fourth-order valence-electron chi connectivity index (χ4n) is 6.17. The minimum atomic E-state index is -1.03. The number of fused-ring (bicyclic) bond motifs is 3. The predicted octanol–water partition coefficient (Wildman–Crippen LogP) is 3.58. The Hall–Kier alpha value is -2.54. The molecular weight excluding hydrogens is 406 g/mol. The van der Waals surface area contributed by atoms with Gasteiger partial charge in [-0.3, -0.25) is 4.79 Å². The van der Waals surface area contributed by atoms with Crippen LogP contribution < -0.4 is 5.32 Å². The number of piperidine rings is 1. The standard InChI is InChI=1S/C25H33N3O4/c1-27-22-6-4-17(16-8-11-32-12-9-16)13-20(22)21-14-18(5-7-23(21)27)24(29)28-10-2-3-19(15-28)26-25(30)31/h5,7,14,16-17,19,26H,2-4,6,8-13,15H2,1H3,(H,30,31). The molecule has 2 unspecified atom stereocenters. The number of carboxylic acid groups (broad SMARTS) is 1. The van der Waals surface area contributed by atoms with E-state index < -0.39 is 6.09 Å². The van der Waals surface area contributed by atoms with Crippen molar-refractivity contribution in [2.24, 2.45) is 18.9 Å². The van der Waals surface area contributed by atoms with Crippen LogP contribution >= 0.6 is 0 Å². The Bertz CT molecular complexity index is 1020. The van der Waals surface area contributed by atoms with Crippen LogP contribution in [0.3, 0.4) is 0 Å². The van der Waals surface area contributed by atoms with E-state index in [1.54, 1.807) is 4.90 Å². The van der Waals surface area contributed by atoms with Gasteiger partial charge in [0.15, 0.2) is 0 Å². The van der Waals surface area contributed by atoms with Crippen LogP contribution in [0.4, 0.5) is 4.79 Å². The molecule has 7 nitrogen and oxygen atoms in total. The largest absolute Gasteiger partial charge is 0.465 e. The highest BCUT2D eigenvalue weighted by Gasteiger charge is 2.31. The normalized spacial score (nSPS) is 24.3. The van der Waals surface area contributed by atoms with Crippen molar-refractivity contribution in [1.29, 1.82) is 0 Å². The first-order valence-corrected chi connectivity index (χ1v) is 12.0. The number of rotatable bonds is 3. The molecule has 3 heterocycles. The van der Waals surface area contributed by atoms with Crippen molar-refractivity contribution in [3.8, 4) is 0 Å². The number of benzene rings is 1. The molecule has 2 N–H and O–H groups in total. The van der Waals surface area contributed by atoms with E-state index >= 15 is 0 Å². The predicted molar refractivity (Wildman–Crippen MR) is 122 cm³/mol. The lowest BCUT2D eigenvalue weighted by molar-refractivity contribution is 0.0439. The molecule has 0 saturated carbocycles. The lowest BCUT2D eigenvalue weighted by Crippen LogP contribution is -2.49. The Balaban J connectivity index is 1.40. The first-order valence-electron chi connectivity index (χ1n) is 12.0. The molecule has 0 bridgehead atoms. The van der Waals surface area contributed by atoms with E-state index in [2.05, 4.69) is 29.1 Å². The third-order valence-electron chi connectivity index (χ3n) is 7.87. The molecule has 0 radical (unpaired) electrons. The SMILES string of the molecule is Cn1c2c(c3cc(C(=O)N4CCCC(NC(=O)O)C4)ccc31)CC(C1CCOCC1)CC2. The van der Waals surface area contributed by atoms with Gasteiger partial charge in [-0.2, -0.15) is 0 Å².